The lowest BCUT2D eigenvalue weighted by Crippen LogP contribution is -2.21. The lowest BCUT2D eigenvalue weighted by atomic mass is 10.2. The van der Waals surface area contributed by atoms with E-state index in [2.05, 4.69) is 5.32 Å². The van der Waals surface area contributed by atoms with Gasteiger partial charge in [-0.05, 0) is 43.3 Å². The smallest absolute Gasteiger partial charge is 0.238 e. The van der Waals surface area contributed by atoms with Gasteiger partial charge in [0.05, 0.1) is 6.54 Å². The van der Waals surface area contributed by atoms with E-state index >= 15 is 0 Å². The zero-order valence-corrected chi connectivity index (χ0v) is 12.9. The molecule has 0 aliphatic rings. The van der Waals surface area contributed by atoms with Crippen molar-refractivity contribution >= 4 is 28.6 Å². The van der Waals surface area contributed by atoms with Gasteiger partial charge >= 0.3 is 0 Å². The Bertz CT molecular complexity index is 686. The molecule has 0 fully saturated rings. The molecule has 3 N–H and O–H groups in total. The Morgan fingerprint density at radius 2 is 1.82 bits per heavy atom. The van der Waals surface area contributed by atoms with Gasteiger partial charge in [-0.3, -0.25) is 9.59 Å². The molecule has 0 aromatic heterocycles. The van der Waals surface area contributed by atoms with Crippen LogP contribution in [0.2, 0.25) is 0 Å². The topological polar surface area (TPSA) is 95.2 Å². The monoisotopic (exact) mass is 316 g/mol. The fourth-order valence-corrected chi connectivity index (χ4v) is 2.94. The molecule has 2 rings (SSSR count). The molecular formula is C16H16N2O3S. The Hall–Kier alpha value is -2.15. The summed E-state index contributed by atoms with van der Waals surface area (Å²) in [6.45, 7) is 1.37. The summed E-state index contributed by atoms with van der Waals surface area (Å²) in [5, 5.41) is 2.62. The van der Waals surface area contributed by atoms with E-state index in [9.17, 15) is 14.1 Å². The van der Waals surface area contributed by atoms with Crippen LogP contribution in [-0.2, 0) is 16.0 Å². The van der Waals surface area contributed by atoms with Crippen molar-refractivity contribution in [3.8, 4) is 0 Å². The number of nitrogens with one attached hydrogen (secondary N) is 1. The van der Waals surface area contributed by atoms with E-state index < -0.39 is 11.2 Å². The van der Waals surface area contributed by atoms with Gasteiger partial charge in [-0.25, -0.2) is 0 Å². The van der Waals surface area contributed by atoms with Crippen LogP contribution in [0.3, 0.4) is 0 Å². The number of hydrogen-bond donors (Lipinski definition) is 2. The maximum atomic E-state index is 12.5. The number of hydrogen-bond acceptors (Lipinski definition) is 4. The van der Waals surface area contributed by atoms with Crippen LogP contribution < -0.4 is 11.1 Å². The van der Waals surface area contributed by atoms with Crippen molar-refractivity contribution in [3.05, 3.63) is 54.1 Å². The van der Waals surface area contributed by atoms with Crippen LogP contribution in [0.4, 0.5) is 5.69 Å². The number of Topliss-reactive ketones (excluding diaryl/α,β-unsaturated/α-hetero) is 1. The van der Waals surface area contributed by atoms with Crippen LogP contribution >= 0.6 is 0 Å². The molecule has 0 heterocycles. The Labute approximate surface area is 131 Å². The lowest BCUT2D eigenvalue weighted by Gasteiger charge is -2.11. The lowest BCUT2D eigenvalue weighted by molar-refractivity contribution is -0.114. The Balaban J connectivity index is 2.21. The quantitative estimate of drug-likeness (QED) is 0.651. The summed E-state index contributed by atoms with van der Waals surface area (Å²) in [6, 6.07) is 13.4. The zero-order chi connectivity index (χ0) is 16.1. The summed E-state index contributed by atoms with van der Waals surface area (Å²) in [7, 11) is 0. The second-order valence-electron chi connectivity index (χ2n) is 4.63. The number of benzene rings is 2. The minimum Gasteiger partial charge on any atom is -0.606 e. The molecule has 0 saturated carbocycles. The molecular weight excluding hydrogens is 300 g/mol. The summed E-state index contributed by atoms with van der Waals surface area (Å²) in [5.74, 6) is -0.349. The van der Waals surface area contributed by atoms with Crippen molar-refractivity contribution in [1.29, 1.82) is 0 Å². The number of amides is 1. The summed E-state index contributed by atoms with van der Waals surface area (Å²) >= 11 is -1.39. The predicted octanol–water partition coefficient (Wildman–Crippen LogP) is 1.95. The molecule has 22 heavy (non-hydrogen) atoms. The Morgan fingerprint density at radius 1 is 1.14 bits per heavy atom. The first kappa shape index (κ1) is 16.2. The minimum atomic E-state index is -1.39. The molecule has 0 bridgehead atoms. The van der Waals surface area contributed by atoms with Crippen molar-refractivity contribution in [2.24, 2.45) is 5.73 Å². The average Bonchev–Trinajstić information content (AvgIpc) is 2.54. The van der Waals surface area contributed by atoms with Crippen molar-refractivity contribution in [2.75, 3.05) is 11.9 Å². The Kier molecular flexibility index (Phi) is 5.32. The second kappa shape index (κ2) is 7.22. The van der Waals surface area contributed by atoms with Gasteiger partial charge in [0, 0.05) is 28.5 Å². The van der Waals surface area contributed by atoms with Crippen LogP contribution in [0.15, 0.2) is 58.3 Å². The first-order chi connectivity index (χ1) is 10.5. The van der Waals surface area contributed by atoms with Gasteiger partial charge in [-0.2, -0.15) is 0 Å². The van der Waals surface area contributed by atoms with Crippen LogP contribution in [0.1, 0.15) is 17.3 Å². The van der Waals surface area contributed by atoms with E-state index in [1.165, 1.54) is 6.92 Å². The Morgan fingerprint density at radius 3 is 2.41 bits per heavy atom. The van der Waals surface area contributed by atoms with E-state index in [0.717, 1.165) is 0 Å². The van der Waals surface area contributed by atoms with Crippen LogP contribution in [0, 0.1) is 0 Å². The fourth-order valence-electron chi connectivity index (χ4n) is 1.85. The molecule has 0 saturated heterocycles. The minimum absolute atomic E-state index is 0.0381. The van der Waals surface area contributed by atoms with Crippen LogP contribution in [0.25, 0.3) is 0 Å². The van der Waals surface area contributed by atoms with Gasteiger partial charge in [-0.1, -0.05) is 6.07 Å². The summed E-state index contributed by atoms with van der Waals surface area (Å²) in [5.41, 5.74) is 6.36. The van der Waals surface area contributed by atoms with Crippen molar-refractivity contribution in [1.82, 2.24) is 0 Å². The molecule has 1 unspecified atom stereocenters. The number of nitrogens with two attached hydrogens (primary N) is 1. The number of rotatable bonds is 5. The maximum absolute atomic E-state index is 12.5. The van der Waals surface area contributed by atoms with Crippen molar-refractivity contribution < 1.29 is 14.1 Å². The first-order valence-electron chi connectivity index (χ1n) is 6.64. The summed E-state index contributed by atoms with van der Waals surface area (Å²) < 4.78 is 12.5. The molecule has 1 atom stereocenters. The number of anilines is 1. The summed E-state index contributed by atoms with van der Waals surface area (Å²) in [6.07, 6.45) is 0. The van der Waals surface area contributed by atoms with Crippen molar-refractivity contribution in [2.45, 2.75) is 16.7 Å². The molecule has 0 radical (unpaired) electrons. The van der Waals surface area contributed by atoms with Gasteiger partial charge in [0.15, 0.2) is 15.6 Å². The van der Waals surface area contributed by atoms with Crippen LogP contribution in [0.5, 0.6) is 0 Å². The van der Waals surface area contributed by atoms with E-state index in [4.69, 9.17) is 5.73 Å². The van der Waals surface area contributed by atoms with Crippen LogP contribution in [-0.4, -0.2) is 22.8 Å². The molecule has 1 amide bonds. The number of ketones is 1. The molecule has 0 aliphatic carbocycles. The predicted molar refractivity (Wildman–Crippen MR) is 85.2 cm³/mol. The molecule has 5 nitrogen and oxygen atoms in total. The highest BCUT2D eigenvalue weighted by Crippen LogP contribution is 2.23. The highest BCUT2D eigenvalue weighted by Gasteiger charge is 2.16. The molecule has 0 spiro atoms. The SMILES string of the molecule is CC(=O)c1ccc([S+]([O-])c2cccc(NC(=O)CN)c2)cc1. The molecule has 6 heteroatoms. The van der Waals surface area contributed by atoms with E-state index in [1.54, 1.807) is 48.5 Å². The molecule has 2 aromatic rings. The third-order valence-electron chi connectivity index (χ3n) is 2.99. The highest BCUT2D eigenvalue weighted by atomic mass is 32.2. The fraction of sp³-hybridized carbons (Fsp3) is 0.125. The van der Waals surface area contributed by atoms with Gasteiger partial charge in [0.1, 0.15) is 0 Å². The van der Waals surface area contributed by atoms with E-state index in [-0.39, 0.29) is 18.2 Å². The van der Waals surface area contributed by atoms with Crippen molar-refractivity contribution in [3.63, 3.8) is 0 Å². The number of carbonyl (C=O) groups excluding carboxylic acids is 2. The third-order valence-corrected chi connectivity index (χ3v) is 4.37. The van der Waals surface area contributed by atoms with Gasteiger partial charge in [0.2, 0.25) is 5.91 Å². The zero-order valence-electron chi connectivity index (χ0n) is 12.0. The van der Waals surface area contributed by atoms with E-state index in [0.29, 0.717) is 21.0 Å². The first-order valence-corrected chi connectivity index (χ1v) is 7.79. The normalized spacial score (nSPS) is 11.8. The summed E-state index contributed by atoms with van der Waals surface area (Å²) in [4.78, 5) is 23.7. The largest absolute Gasteiger partial charge is 0.606 e. The van der Waals surface area contributed by atoms with Gasteiger partial charge in [0.25, 0.3) is 0 Å². The third kappa shape index (κ3) is 3.94. The highest BCUT2D eigenvalue weighted by molar-refractivity contribution is 7.91. The van der Waals surface area contributed by atoms with E-state index in [1.807, 2.05) is 0 Å². The van der Waals surface area contributed by atoms with Gasteiger partial charge in [-0.15, -0.1) is 0 Å². The number of carbonyl (C=O) groups is 2. The van der Waals surface area contributed by atoms with Gasteiger partial charge < -0.3 is 15.6 Å². The average molecular weight is 316 g/mol. The maximum Gasteiger partial charge on any atom is 0.238 e. The molecule has 2 aromatic carbocycles. The molecule has 0 aliphatic heterocycles. The second-order valence-corrected chi connectivity index (χ2v) is 6.11. The molecule has 114 valence electrons. The standard InChI is InChI=1S/C16H16N2O3S/c1-11(19)12-5-7-14(8-6-12)22(21)15-4-2-3-13(9-15)18-16(20)10-17/h2-9H,10,17H2,1H3,(H,18,20).